The molecule has 0 unspecified atom stereocenters. The molecule has 0 fully saturated rings. The van der Waals surface area contributed by atoms with E-state index in [1.807, 2.05) is 0 Å². The van der Waals surface area contributed by atoms with Crippen LogP contribution in [0.25, 0.3) is 0 Å². The molecule has 2 aromatic carbocycles. The van der Waals surface area contributed by atoms with Crippen LogP contribution in [0.15, 0.2) is 42.5 Å². The lowest BCUT2D eigenvalue weighted by Crippen LogP contribution is -2.24. The summed E-state index contributed by atoms with van der Waals surface area (Å²) in [6.45, 7) is 0. The molecule has 2 amide bonds. The van der Waals surface area contributed by atoms with Gasteiger partial charge in [-0.05, 0) is 30.3 Å². The van der Waals surface area contributed by atoms with E-state index in [1.165, 1.54) is 7.05 Å². The molecule has 2 N–H and O–H groups in total. The second-order valence-electron chi connectivity index (χ2n) is 4.45. The van der Waals surface area contributed by atoms with Gasteiger partial charge in [0, 0.05) is 7.05 Å². The van der Waals surface area contributed by atoms with Crippen molar-refractivity contribution < 1.29 is 22.7 Å². The number of halogens is 4. The minimum atomic E-state index is -4.49. The third-order valence-electron chi connectivity index (χ3n) is 2.84. The third-order valence-corrected chi connectivity index (χ3v) is 3.14. The molecule has 0 radical (unpaired) electrons. The smallest absolute Gasteiger partial charge is 0.416 e. The van der Waals surface area contributed by atoms with Crippen LogP contribution in [0.1, 0.15) is 5.56 Å². The van der Waals surface area contributed by atoms with Gasteiger partial charge < -0.3 is 15.4 Å². The lowest BCUT2D eigenvalue weighted by Gasteiger charge is -2.14. The van der Waals surface area contributed by atoms with Crippen LogP contribution < -0.4 is 15.4 Å². The number of alkyl halides is 3. The van der Waals surface area contributed by atoms with Crippen molar-refractivity contribution in [3.63, 3.8) is 0 Å². The van der Waals surface area contributed by atoms with E-state index < -0.39 is 17.8 Å². The van der Waals surface area contributed by atoms with E-state index in [4.69, 9.17) is 16.3 Å². The van der Waals surface area contributed by atoms with Gasteiger partial charge in [-0.2, -0.15) is 13.2 Å². The van der Waals surface area contributed by atoms with Crippen molar-refractivity contribution in [2.45, 2.75) is 6.18 Å². The van der Waals surface area contributed by atoms with Crippen LogP contribution in [0.3, 0.4) is 0 Å². The van der Waals surface area contributed by atoms with Gasteiger partial charge in [-0.15, -0.1) is 0 Å². The average Bonchev–Trinajstić information content (AvgIpc) is 2.50. The fourth-order valence-electron chi connectivity index (χ4n) is 1.72. The van der Waals surface area contributed by atoms with Crippen LogP contribution in [-0.4, -0.2) is 13.1 Å². The topological polar surface area (TPSA) is 50.4 Å². The van der Waals surface area contributed by atoms with Gasteiger partial charge in [0.05, 0.1) is 16.3 Å². The standard InChI is InChI=1S/C15H12ClF3N2O2/c1-20-14(22)21-11-4-2-3-5-13(11)23-12-7-6-9(8-10(12)16)15(17,18)19/h2-8H,1H3,(H2,20,21,22). The molecular weight excluding hydrogens is 333 g/mol. The first-order chi connectivity index (χ1) is 10.8. The summed E-state index contributed by atoms with van der Waals surface area (Å²) in [4.78, 5) is 11.4. The highest BCUT2D eigenvalue weighted by Gasteiger charge is 2.31. The Balaban J connectivity index is 2.28. The van der Waals surface area contributed by atoms with Gasteiger partial charge in [0.25, 0.3) is 0 Å². The van der Waals surface area contributed by atoms with Crippen molar-refractivity contribution in [1.82, 2.24) is 5.32 Å². The van der Waals surface area contributed by atoms with E-state index >= 15 is 0 Å². The summed E-state index contributed by atoms with van der Waals surface area (Å²) >= 11 is 5.85. The van der Waals surface area contributed by atoms with Gasteiger partial charge in [0.2, 0.25) is 0 Å². The number of anilines is 1. The summed E-state index contributed by atoms with van der Waals surface area (Å²) in [5.74, 6) is 0.295. The van der Waals surface area contributed by atoms with Gasteiger partial charge >= 0.3 is 12.2 Å². The molecule has 8 heteroatoms. The molecule has 0 aliphatic heterocycles. The maximum absolute atomic E-state index is 12.6. The zero-order valence-corrected chi connectivity index (χ0v) is 12.6. The number of urea groups is 1. The van der Waals surface area contributed by atoms with Gasteiger partial charge in [0.15, 0.2) is 5.75 Å². The molecule has 4 nitrogen and oxygen atoms in total. The Morgan fingerprint density at radius 3 is 2.43 bits per heavy atom. The number of amides is 2. The number of nitrogens with one attached hydrogen (secondary N) is 2. The summed E-state index contributed by atoms with van der Waals surface area (Å²) in [5, 5.41) is 4.74. The van der Waals surface area contributed by atoms with Crippen LogP contribution in [0.5, 0.6) is 11.5 Å². The minimum absolute atomic E-state index is 0.0471. The van der Waals surface area contributed by atoms with Gasteiger partial charge in [-0.1, -0.05) is 23.7 Å². The molecule has 0 heterocycles. The van der Waals surface area contributed by atoms with E-state index in [0.29, 0.717) is 5.69 Å². The first kappa shape index (κ1) is 17.0. The lowest BCUT2D eigenvalue weighted by atomic mass is 10.2. The Labute approximate surface area is 135 Å². The van der Waals surface area contributed by atoms with Gasteiger partial charge in [-0.3, -0.25) is 0 Å². The molecule has 23 heavy (non-hydrogen) atoms. The fraction of sp³-hybridized carbons (Fsp3) is 0.133. The van der Waals surface area contributed by atoms with Crippen molar-refractivity contribution in [1.29, 1.82) is 0 Å². The van der Waals surface area contributed by atoms with Crippen molar-refractivity contribution >= 4 is 23.3 Å². The molecule has 0 atom stereocenters. The Morgan fingerprint density at radius 1 is 1.13 bits per heavy atom. The molecule has 2 aromatic rings. The highest BCUT2D eigenvalue weighted by atomic mass is 35.5. The highest BCUT2D eigenvalue weighted by Crippen LogP contribution is 2.37. The summed E-state index contributed by atoms with van der Waals surface area (Å²) in [6, 6.07) is 8.79. The monoisotopic (exact) mass is 344 g/mol. The summed E-state index contributed by atoms with van der Waals surface area (Å²) in [6.07, 6.45) is -4.49. The number of carbonyl (C=O) groups excluding carboxylic acids is 1. The quantitative estimate of drug-likeness (QED) is 0.831. The van der Waals surface area contributed by atoms with E-state index in [-0.39, 0.29) is 16.5 Å². The number of hydrogen-bond donors (Lipinski definition) is 2. The molecule has 0 aromatic heterocycles. The second-order valence-corrected chi connectivity index (χ2v) is 4.85. The molecule has 122 valence electrons. The predicted octanol–water partition coefficient (Wildman–Crippen LogP) is 4.90. The maximum Gasteiger partial charge on any atom is 0.416 e. The van der Waals surface area contributed by atoms with Crippen LogP contribution in [0.2, 0.25) is 5.02 Å². The van der Waals surface area contributed by atoms with Crippen molar-refractivity contribution in [2.24, 2.45) is 0 Å². The molecule has 2 rings (SSSR count). The average molecular weight is 345 g/mol. The number of hydrogen-bond acceptors (Lipinski definition) is 2. The molecule has 0 aliphatic rings. The van der Waals surface area contributed by atoms with Crippen LogP contribution in [-0.2, 0) is 6.18 Å². The lowest BCUT2D eigenvalue weighted by molar-refractivity contribution is -0.137. The number of benzene rings is 2. The van der Waals surface area contributed by atoms with Crippen molar-refractivity contribution in [2.75, 3.05) is 12.4 Å². The van der Waals surface area contributed by atoms with Crippen molar-refractivity contribution in [3.05, 3.63) is 53.1 Å². The minimum Gasteiger partial charge on any atom is -0.454 e. The fourth-order valence-corrected chi connectivity index (χ4v) is 1.94. The summed E-state index contributed by atoms with van der Waals surface area (Å²) < 4.78 is 43.4. The zero-order chi connectivity index (χ0) is 17.0. The van der Waals surface area contributed by atoms with Crippen LogP contribution in [0.4, 0.5) is 23.7 Å². The first-order valence-electron chi connectivity index (χ1n) is 6.43. The van der Waals surface area contributed by atoms with E-state index in [2.05, 4.69) is 10.6 Å². The molecule has 0 aliphatic carbocycles. The third kappa shape index (κ3) is 4.29. The van der Waals surface area contributed by atoms with E-state index in [9.17, 15) is 18.0 Å². The maximum atomic E-state index is 12.6. The number of ether oxygens (including phenoxy) is 1. The molecule has 0 bridgehead atoms. The largest absolute Gasteiger partial charge is 0.454 e. The molecule has 0 saturated heterocycles. The van der Waals surface area contributed by atoms with Gasteiger partial charge in [0.1, 0.15) is 5.75 Å². The normalized spacial score (nSPS) is 11.0. The van der Waals surface area contributed by atoms with Gasteiger partial charge in [-0.25, -0.2) is 4.79 Å². The predicted molar refractivity (Wildman–Crippen MR) is 81.0 cm³/mol. The molecular formula is C15H12ClF3N2O2. The number of para-hydroxylation sites is 2. The highest BCUT2D eigenvalue weighted by molar-refractivity contribution is 6.32. The Bertz CT molecular complexity index is 720. The second kappa shape index (κ2) is 6.78. The van der Waals surface area contributed by atoms with Crippen molar-refractivity contribution in [3.8, 4) is 11.5 Å². The number of rotatable bonds is 3. The summed E-state index contributed by atoms with van der Waals surface area (Å²) in [5.41, 5.74) is -0.519. The first-order valence-corrected chi connectivity index (χ1v) is 6.81. The van der Waals surface area contributed by atoms with E-state index in [0.717, 1.165) is 18.2 Å². The molecule has 0 spiro atoms. The number of carbonyl (C=O) groups is 1. The Hall–Kier alpha value is -2.41. The van der Waals surface area contributed by atoms with Crippen LogP contribution in [0, 0.1) is 0 Å². The zero-order valence-electron chi connectivity index (χ0n) is 11.9. The Morgan fingerprint density at radius 2 is 1.83 bits per heavy atom. The molecule has 0 saturated carbocycles. The van der Waals surface area contributed by atoms with Crippen LogP contribution >= 0.6 is 11.6 Å². The summed E-state index contributed by atoms with van der Waals surface area (Å²) in [7, 11) is 1.45. The SMILES string of the molecule is CNC(=O)Nc1ccccc1Oc1ccc(C(F)(F)F)cc1Cl. The van der Waals surface area contributed by atoms with E-state index in [1.54, 1.807) is 24.3 Å². The Kier molecular flexibility index (Phi) is 5.00.